The molecule has 0 aliphatic heterocycles. The number of aromatic amines is 1. The van der Waals surface area contributed by atoms with Crippen molar-refractivity contribution in [2.45, 2.75) is 17.7 Å². The van der Waals surface area contributed by atoms with Crippen molar-refractivity contribution < 1.29 is 30.7 Å². The van der Waals surface area contributed by atoms with Gasteiger partial charge in [-0.15, -0.1) is 0 Å². The molecule has 1 heterocycles. The van der Waals surface area contributed by atoms with Crippen LogP contribution in [0.4, 0.5) is 23.2 Å². The Balaban J connectivity index is 1.83. The van der Waals surface area contributed by atoms with E-state index in [4.69, 9.17) is 0 Å². The molecule has 154 valence electrons. The van der Waals surface area contributed by atoms with Crippen molar-refractivity contribution in [2.24, 2.45) is 0 Å². The van der Waals surface area contributed by atoms with Crippen LogP contribution in [-0.4, -0.2) is 26.4 Å². The molecule has 0 aliphatic carbocycles. The number of rotatable bonds is 8. The fourth-order valence-electron chi connectivity index (χ4n) is 2.66. The van der Waals surface area contributed by atoms with Gasteiger partial charge in [-0.3, -0.25) is 4.72 Å². The number of halogens is 4. The standard InChI is InChI=1S/C19H16F4N2O3S/c20-14-8-17(28-11-19(22)23)15(21)7-16(14)25-29(26,27)18-10-24-9-13(18)6-12-4-2-1-3-5-12/h1-5,7-10,19,24-25H,6,11H2. The first-order chi connectivity index (χ1) is 13.8. The highest BCUT2D eigenvalue weighted by molar-refractivity contribution is 7.92. The fourth-order valence-corrected chi connectivity index (χ4v) is 3.91. The fraction of sp³-hybridized carbons (Fsp3) is 0.158. The van der Waals surface area contributed by atoms with E-state index in [0.29, 0.717) is 24.1 Å². The second-order valence-electron chi connectivity index (χ2n) is 6.08. The number of anilines is 1. The van der Waals surface area contributed by atoms with E-state index in [0.717, 1.165) is 5.56 Å². The second kappa shape index (κ2) is 8.56. The summed E-state index contributed by atoms with van der Waals surface area (Å²) in [7, 11) is -4.25. The molecule has 2 N–H and O–H groups in total. The Morgan fingerprint density at radius 2 is 1.76 bits per heavy atom. The smallest absolute Gasteiger partial charge is 0.272 e. The lowest BCUT2D eigenvalue weighted by atomic mass is 10.1. The Morgan fingerprint density at radius 1 is 1.03 bits per heavy atom. The van der Waals surface area contributed by atoms with Gasteiger partial charge in [0.05, 0.1) is 5.69 Å². The molecule has 0 atom stereocenters. The molecule has 5 nitrogen and oxygen atoms in total. The lowest BCUT2D eigenvalue weighted by Gasteiger charge is -2.12. The molecule has 3 rings (SSSR count). The molecule has 0 spiro atoms. The molecular formula is C19H16F4N2O3S. The number of ether oxygens (including phenoxy) is 1. The van der Waals surface area contributed by atoms with Crippen LogP contribution in [0.1, 0.15) is 11.1 Å². The van der Waals surface area contributed by atoms with E-state index in [1.807, 2.05) is 35.1 Å². The van der Waals surface area contributed by atoms with Gasteiger partial charge in [0.2, 0.25) is 0 Å². The number of hydrogen-bond acceptors (Lipinski definition) is 3. The number of nitrogens with one attached hydrogen (secondary N) is 2. The van der Waals surface area contributed by atoms with Gasteiger partial charge in [0.15, 0.2) is 17.4 Å². The maximum Gasteiger partial charge on any atom is 0.272 e. The zero-order chi connectivity index (χ0) is 21.0. The van der Waals surface area contributed by atoms with E-state index in [1.54, 1.807) is 0 Å². The van der Waals surface area contributed by atoms with Crippen molar-refractivity contribution in [3.8, 4) is 5.75 Å². The van der Waals surface area contributed by atoms with Crippen molar-refractivity contribution in [3.63, 3.8) is 0 Å². The SMILES string of the molecule is O=S(=O)(Nc1cc(F)c(OCC(F)F)cc1F)c1c[nH]cc1Cc1ccccc1. The molecule has 0 saturated heterocycles. The summed E-state index contributed by atoms with van der Waals surface area (Å²) in [5.41, 5.74) is 0.626. The average molecular weight is 428 g/mol. The third-order valence-electron chi connectivity index (χ3n) is 3.95. The third-order valence-corrected chi connectivity index (χ3v) is 5.39. The summed E-state index contributed by atoms with van der Waals surface area (Å²) >= 11 is 0. The highest BCUT2D eigenvalue weighted by atomic mass is 32.2. The van der Waals surface area contributed by atoms with Gasteiger partial charge >= 0.3 is 0 Å². The molecule has 29 heavy (non-hydrogen) atoms. The monoisotopic (exact) mass is 428 g/mol. The zero-order valence-corrected chi connectivity index (χ0v) is 15.6. The minimum absolute atomic E-state index is 0.126. The Bertz CT molecular complexity index is 1090. The second-order valence-corrected chi connectivity index (χ2v) is 7.73. The molecule has 10 heteroatoms. The summed E-state index contributed by atoms with van der Waals surface area (Å²) in [5, 5.41) is 0. The van der Waals surface area contributed by atoms with E-state index < -0.39 is 46.1 Å². The van der Waals surface area contributed by atoms with E-state index in [1.165, 1.54) is 12.4 Å². The van der Waals surface area contributed by atoms with Crippen LogP contribution in [0, 0.1) is 11.6 Å². The maximum absolute atomic E-state index is 14.2. The van der Waals surface area contributed by atoms with Crippen LogP contribution in [0.15, 0.2) is 59.8 Å². The predicted molar refractivity (Wildman–Crippen MR) is 98.7 cm³/mol. The van der Waals surface area contributed by atoms with E-state index in [-0.39, 0.29) is 4.90 Å². The number of H-pyrrole nitrogens is 1. The quantitative estimate of drug-likeness (QED) is 0.525. The van der Waals surface area contributed by atoms with Crippen molar-refractivity contribution in [1.82, 2.24) is 4.98 Å². The Labute approximate surface area is 164 Å². The molecule has 0 bridgehead atoms. The third kappa shape index (κ3) is 5.08. The van der Waals surface area contributed by atoms with E-state index in [9.17, 15) is 26.0 Å². The van der Waals surface area contributed by atoms with Gasteiger partial charge in [0.25, 0.3) is 16.4 Å². The van der Waals surface area contributed by atoms with E-state index in [2.05, 4.69) is 9.72 Å². The molecule has 0 saturated carbocycles. The lowest BCUT2D eigenvalue weighted by Crippen LogP contribution is -2.16. The van der Waals surface area contributed by atoms with Crippen LogP contribution in [0.3, 0.4) is 0 Å². The molecule has 1 aromatic heterocycles. The van der Waals surface area contributed by atoms with Gasteiger partial charge in [-0.1, -0.05) is 30.3 Å². The first kappa shape index (κ1) is 20.7. The zero-order valence-electron chi connectivity index (χ0n) is 14.8. The van der Waals surface area contributed by atoms with Gasteiger partial charge in [0.1, 0.15) is 11.5 Å². The van der Waals surface area contributed by atoms with Gasteiger partial charge in [0, 0.05) is 30.9 Å². The minimum Gasteiger partial charge on any atom is -0.484 e. The highest BCUT2D eigenvalue weighted by Crippen LogP contribution is 2.28. The van der Waals surface area contributed by atoms with Crippen LogP contribution in [0.2, 0.25) is 0 Å². The summed E-state index contributed by atoms with van der Waals surface area (Å²) in [6, 6.07) is 10.1. The number of sulfonamides is 1. The van der Waals surface area contributed by atoms with Gasteiger partial charge in [-0.05, 0) is 11.1 Å². The highest BCUT2D eigenvalue weighted by Gasteiger charge is 2.23. The summed E-state index contributed by atoms with van der Waals surface area (Å²) < 4.78 is 84.4. The number of aromatic nitrogens is 1. The summed E-state index contributed by atoms with van der Waals surface area (Å²) in [6.45, 7) is -1.12. The van der Waals surface area contributed by atoms with Crippen LogP contribution in [-0.2, 0) is 16.4 Å². The largest absolute Gasteiger partial charge is 0.484 e. The minimum atomic E-state index is -4.25. The molecule has 0 unspecified atom stereocenters. The first-order valence-electron chi connectivity index (χ1n) is 8.38. The molecule has 0 amide bonds. The van der Waals surface area contributed by atoms with Crippen LogP contribution in [0.5, 0.6) is 5.75 Å². The summed E-state index contributed by atoms with van der Waals surface area (Å²) in [5.74, 6) is -3.08. The Kier molecular flexibility index (Phi) is 6.12. The number of hydrogen-bond donors (Lipinski definition) is 2. The van der Waals surface area contributed by atoms with Crippen LogP contribution in [0.25, 0.3) is 0 Å². The first-order valence-corrected chi connectivity index (χ1v) is 9.87. The van der Waals surface area contributed by atoms with Crippen molar-refractivity contribution in [2.75, 3.05) is 11.3 Å². The average Bonchev–Trinajstić information content (AvgIpc) is 3.13. The number of alkyl halides is 2. The predicted octanol–water partition coefficient (Wildman–Crippen LogP) is 4.33. The summed E-state index contributed by atoms with van der Waals surface area (Å²) in [6.07, 6.45) is 0.166. The van der Waals surface area contributed by atoms with Crippen LogP contribution < -0.4 is 9.46 Å². The van der Waals surface area contributed by atoms with Crippen molar-refractivity contribution >= 4 is 15.7 Å². The lowest BCUT2D eigenvalue weighted by molar-refractivity contribution is 0.0797. The topological polar surface area (TPSA) is 71.2 Å². The molecule has 0 radical (unpaired) electrons. The number of benzene rings is 2. The molecule has 2 aromatic carbocycles. The summed E-state index contributed by atoms with van der Waals surface area (Å²) in [4.78, 5) is 2.57. The molecule has 0 aliphatic rings. The Morgan fingerprint density at radius 3 is 2.45 bits per heavy atom. The maximum atomic E-state index is 14.2. The van der Waals surface area contributed by atoms with Crippen molar-refractivity contribution in [3.05, 3.63) is 77.6 Å². The Hall–Kier alpha value is -3.01. The van der Waals surface area contributed by atoms with Gasteiger partial charge < -0.3 is 9.72 Å². The normalized spacial score (nSPS) is 11.6. The van der Waals surface area contributed by atoms with Gasteiger partial charge in [-0.2, -0.15) is 0 Å². The van der Waals surface area contributed by atoms with Crippen molar-refractivity contribution in [1.29, 1.82) is 0 Å². The van der Waals surface area contributed by atoms with Crippen LogP contribution >= 0.6 is 0 Å². The van der Waals surface area contributed by atoms with Gasteiger partial charge in [-0.25, -0.2) is 26.0 Å². The molecule has 0 fully saturated rings. The van der Waals surface area contributed by atoms with E-state index >= 15 is 0 Å². The molecular weight excluding hydrogens is 412 g/mol. The molecule has 3 aromatic rings.